The van der Waals surface area contributed by atoms with Gasteiger partial charge in [-0.05, 0) is 39.5 Å². The van der Waals surface area contributed by atoms with Crippen LogP contribution in [0.5, 0.6) is 0 Å². The van der Waals surface area contributed by atoms with Gasteiger partial charge in [0.25, 0.3) is 5.69 Å². The van der Waals surface area contributed by atoms with Crippen molar-refractivity contribution < 1.29 is 4.92 Å². The summed E-state index contributed by atoms with van der Waals surface area (Å²) < 4.78 is 0. The van der Waals surface area contributed by atoms with Gasteiger partial charge in [0.1, 0.15) is 12.1 Å². The van der Waals surface area contributed by atoms with E-state index in [2.05, 4.69) is 20.2 Å². The Kier molecular flexibility index (Phi) is 4.99. The number of nitro benzene ring substituents is 1. The van der Waals surface area contributed by atoms with E-state index in [-0.39, 0.29) is 5.69 Å². The summed E-state index contributed by atoms with van der Waals surface area (Å²) in [5, 5.41) is 14.8. The Labute approximate surface area is 123 Å². The summed E-state index contributed by atoms with van der Waals surface area (Å²) in [6, 6.07) is 4.61. The summed E-state index contributed by atoms with van der Waals surface area (Å²) >= 11 is 0. The Bertz CT molecular complexity index is 630. The maximum atomic E-state index is 10.9. The van der Waals surface area contributed by atoms with Crippen molar-refractivity contribution in [3.8, 4) is 0 Å². The lowest BCUT2D eigenvalue weighted by atomic mass is 10.2. The first-order valence-corrected chi connectivity index (χ1v) is 6.85. The normalized spacial score (nSPS) is 11.0. The lowest BCUT2D eigenvalue weighted by Crippen LogP contribution is -2.14. The van der Waals surface area contributed by atoms with E-state index in [0.29, 0.717) is 16.7 Å². The molecule has 2 rings (SSSR count). The van der Waals surface area contributed by atoms with E-state index in [1.54, 1.807) is 6.07 Å². The zero-order valence-corrected chi connectivity index (χ0v) is 12.2. The molecule has 0 radical (unpaired) electrons. The molecule has 7 nitrogen and oxygen atoms in total. The number of benzene rings is 1. The fraction of sp³-hybridized carbons (Fsp3) is 0.429. The van der Waals surface area contributed by atoms with Gasteiger partial charge >= 0.3 is 0 Å². The van der Waals surface area contributed by atoms with Crippen LogP contribution in [-0.4, -0.2) is 47.0 Å². The number of nitro groups is 1. The Hall–Kier alpha value is -2.28. The number of rotatable bonds is 7. The third-order valence-corrected chi connectivity index (χ3v) is 3.15. The highest BCUT2D eigenvalue weighted by Gasteiger charge is 2.10. The van der Waals surface area contributed by atoms with E-state index < -0.39 is 4.92 Å². The average molecular weight is 289 g/mol. The van der Waals surface area contributed by atoms with Gasteiger partial charge in [0.15, 0.2) is 0 Å². The molecule has 112 valence electrons. The molecular weight excluding hydrogens is 270 g/mol. The van der Waals surface area contributed by atoms with Crippen molar-refractivity contribution in [3.05, 3.63) is 34.6 Å². The van der Waals surface area contributed by atoms with Gasteiger partial charge in [-0.25, -0.2) is 9.97 Å². The minimum absolute atomic E-state index is 0.0490. The van der Waals surface area contributed by atoms with E-state index in [1.165, 1.54) is 18.5 Å². The molecule has 1 N–H and O–H groups in total. The summed E-state index contributed by atoms with van der Waals surface area (Å²) in [6.45, 7) is 1.82. The highest BCUT2D eigenvalue weighted by Crippen LogP contribution is 2.24. The molecule has 1 aromatic heterocycles. The predicted molar refractivity (Wildman–Crippen MR) is 82.5 cm³/mol. The molecule has 0 atom stereocenters. The van der Waals surface area contributed by atoms with Gasteiger partial charge < -0.3 is 10.2 Å². The third-order valence-electron chi connectivity index (χ3n) is 3.15. The van der Waals surface area contributed by atoms with Crippen LogP contribution >= 0.6 is 0 Å². The smallest absolute Gasteiger partial charge is 0.270 e. The van der Waals surface area contributed by atoms with Gasteiger partial charge in [-0.3, -0.25) is 10.1 Å². The summed E-state index contributed by atoms with van der Waals surface area (Å²) in [7, 11) is 4.09. The van der Waals surface area contributed by atoms with Crippen molar-refractivity contribution >= 4 is 22.4 Å². The van der Waals surface area contributed by atoms with E-state index in [4.69, 9.17) is 0 Å². The predicted octanol–water partition coefficient (Wildman–Crippen LogP) is 2.29. The van der Waals surface area contributed by atoms with Crippen LogP contribution in [0.4, 0.5) is 11.5 Å². The van der Waals surface area contributed by atoms with Crippen molar-refractivity contribution in [2.45, 2.75) is 12.8 Å². The summed E-state index contributed by atoms with van der Waals surface area (Å²) in [5.74, 6) is 0.647. The van der Waals surface area contributed by atoms with Crippen LogP contribution in [0.25, 0.3) is 10.9 Å². The monoisotopic (exact) mass is 289 g/mol. The first kappa shape index (κ1) is 15.1. The number of aromatic nitrogens is 2. The summed E-state index contributed by atoms with van der Waals surface area (Å²) in [6.07, 6.45) is 3.57. The van der Waals surface area contributed by atoms with Crippen LogP contribution in [0.2, 0.25) is 0 Å². The molecule has 2 aromatic rings. The average Bonchev–Trinajstić information content (AvgIpc) is 2.46. The Balaban J connectivity index is 2.08. The first-order chi connectivity index (χ1) is 10.1. The molecule has 0 saturated heterocycles. The number of nitrogens with one attached hydrogen (secondary N) is 1. The highest BCUT2D eigenvalue weighted by molar-refractivity contribution is 5.90. The van der Waals surface area contributed by atoms with Crippen LogP contribution in [0.15, 0.2) is 24.5 Å². The quantitative estimate of drug-likeness (QED) is 0.478. The van der Waals surface area contributed by atoms with Crippen molar-refractivity contribution in [2.24, 2.45) is 0 Å². The maximum Gasteiger partial charge on any atom is 0.270 e. The van der Waals surface area contributed by atoms with Gasteiger partial charge in [-0.1, -0.05) is 0 Å². The van der Waals surface area contributed by atoms with Crippen LogP contribution < -0.4 is 5.32 Å². The number of non-ortho nitro benzene ring substituents is 1. The number of fused-ring (bicyclic) bond motifs is 1. The lowest BCUT2D eigenvalue weighted by Gasteiger charge is -2.10. The largest absolute Gasteiger partial charge is 0.369 e. The highest BCUT2D eigenvalue weighted by atomic mass is 16.6. The SMILES string of the molecule is CN(C)CCCCNc1ncnc2ccc([N+](=O)[O-])cc12. The zero-order valence-electron chi connectivity index (χ0n) is 12.2. The molecular formula is C14H19N5O2. The third kappa shape index (κ3) is 4.09. The lowest BCUT2D eigenvalue weighted by molar-refractivity contribution is -0.384. The molecule has 0 unspecified atom stereocenters. The molecule has 1 aromatic carbocycles. The molecule has 21 heavy (non-hydrogen) atoms. The molecule has 0 aliphatic carbocycles. The number of hydrogen-bond acceptors (Lipinski definition) is 6. The van der Waals surface area contributed by atoms with Crippen LogP contribution in [0, 0.1) is 10.1 Å². The van der Waals surface area contributed by atoms with Crippen molar-refractivity contribution in [2.75, 3.05) is 32.5 Å². The number of nitrogens with zero attached hydrogens (tertiary/aromatic N) is 4. The zero-order chi connectivity index (χ0) is 15.2. The summed E-state index contributed by atoms with van der Waals surface area (Å²) in [4.78, 5) is 20.9. The number of anilines is 1. The van der Waals surface area contributed by atoms with Gasteiger partial charge in [-0.15, -0.1) is 0 Å². The molecule has 0 aliphatic heterocycles. The van der Waals surface area contributed by atoms with Crippen molar-refractivity contribution in [1.82, 2.24) is 14.9 Å². The molecule has 0 bridgehead atoms. The van der Waals surface area contributed by atoms with E-state index in [1.807, 2.05) is 14.1 Å². The Morgan fingerprint density at radius 2 is 2.10 bits per heavy atom. The van der Waals surface area contributed by atoms with Crippen molar-refractivity contribution in [3.63, 3.8) is 0 Å². The Morgan fingerprint density at radius 3 is 2.81 bits per heavy atom. The maximum absolute atomic E-state index is 10.9. The van der Waals surface area contributed by atoms with Gasteiger partial charge in [0.2, 0.25) is 0 Å². The second-order valence-corrected chi connectivity index (χ2v) is 5.12. The second-order valence-electron chi connectivity index (χ2n) is 5.12. The van der Waals surface area contributed by atoms with E-state index in [0.717, 1.165) is 25.9 Å². The standard InChI is InChI=1S/C14H19N5O2/c1-18(2)8-4-3-7-15-14-12-9-11(19(20)21)5-6-13(12)16-10-17-14/h5-6,9-10H,3-4,7-8H2,1-2H3,(H,15,16,17). The first-order valence-electron chi connectivity index (χ1n) is 6.85. The van der Waals surface area contributed by atoms with Crippen LogP contribution in [-0.2, 0) is 0 Å². The molecule has 0 aliphatic rings. The van der Waals surface area contributed by atoms with Gasteiger partial charge in [0, 0.05) is 24.1 Å². The molecule has 0 amide bonds. The van der Waals surface area contributed by atoms with Crippen LogP contribution in [0.1, 0.15) is 12.8 Å². The molecule has 7 heteroatoms. The molecule has 1 heterocycles. The molecule has 0 saturated carbocycles. The number of unbranched alkanes of at least 4 members (excludes halogenated alkanes) is 1. The molecule has 0 fully saturated rings. The summed E-state index contributed by atoms with van der Waals surface area (Å²) in [5.41, 5.74) is 0.749. The minimum Gasteiger partial charge on any atom is -0.369 e. The fourth-order valence-electron chi connectivity index (χ4n) is 2.06. The second kappa shape index (κ2) is 6.94. The molecule has 0 spiro atoms. The number of hydrogen-bond donors (Lipinski definition) is 1. The van der Waals surface area contributed by atoms with Gasteiger partial charge in [-0.2, -0.15) is 0 Å². The van der Waals surface area contributed by atoms with Crippen molar-refractivity contribution in [1.29, 1.82) is 0 Å². The van der Waals surface area contributed by atoms with Gasteiger partial charge in [0.05, 0.1) is 10.4 Å². The topological polar surface area (TPSA) is 84.2 Å². The van der Waals surface area contributed by atoms with E-state index in [9.17, 15) is 10.1 Å². The minimum atomic E-state index is -0.409. The van der Waals surface area contributed by atoms with E-state index >= 15 is 0 Å². The fourth-order valence-corrected chi connectivity index (χ4v) is 2.06. The Morgan fingerprint density at radius 1 is 1.29 bits per heavy atom. The van der Waals surface area contributed by atoms with Crippen LogP contribution in [0.3, 0.4) is 0 Å².